The second kappa shape index (κ2) is 8.32. The normalized spacial score (nSPS) is 18.4. The van der Waals surface area contributed by atoms with Crippen LogP contribution in [0.15, 0.2) is 63.7 Å². The van der Waals surface area contributed by atoms with Crippen molar-refractivity contribution in [3.05, 3.63) is 86.6 Å². The topological polar surface area (TPSA) is 93.3 Å². The number of carbonyl (C=O) groups excluding carboxylic acids is 1. The van der Waals surface area contributed by atoms with Crippen molar-refractivity contribution in [3.8, 4) is 11.5 Å². The van der Waals surface area contributed by atoms with Crippen LogP contribution in [0.25, 0.3) is 0 Å². The number of hydrogen-bond donors (Lipinski definition) is 2. The van der Waals surface area contributed by atoms with E-state index in [9.17, 15) is 14.0 Å². The summed E-state index contributed by atoms with van der Waals surface area (Å²) >= 11 is 1.25. The van der Waals surface area contributed by atoms with Crippen molar-refractivity contribution >= 4 is 23.4 Å². The first kappa shape index (κ1) is 21.0. The number of halogens is 1. The minimum atomic E-state index is -0.560. The van der Waals surface area contributed by atoms with Crippen molar-refractivity contribution in [2.75, 3.05) is 12.1 Å². The molecule has 0 fully saturated rings. The number of rotatable bonds is 4. The van der Waals surface area contributed by atoms with E-state index >= 15 is 0 Å². The van der Waals surface area contributed by atoms with E-state index in [1.54, 1.807) is 24.3 Å². The predicted octanol–water partition coefficient (Wildman–Crippen LogP) is 4.49. The molecule has 0 radical (unpaired) electrons. The molecule has 2 N–H and O–H groups in total. The fourth-order valence-corrected chi connectivity index (χ4v) is 5.54. The predicted molar refractivity (Wildman–Crippen MR) is 125 cm³/mol. The number of Topliss-reactive ketones (excluding diaryl/α,β-unsaturated/α-hetero) is 1. The second-order valence-electron chi connectivity index (χ2n) is 8.35. The maximum atomic E-state index is 14.0. The molecular formula is C25H20FN3O4S. The maximum absolute atomic E-state index is 14.0. The highest BCUT2D eigenvalue weighted by Gasteiger charge is 2.38. The average Bonchev–Trinajstić information content (AvgIpc) is 3.30. The van der Waals surface area contributed by atoms with E-state index < -0.39 is 5.92 Å². The molecule has 0 saturated carbocycles. The molecule has 3 aliphatic rings. The summed E-state index contributed by atoms with van der Waals surface area (Å²) in [5.74, 6) is 1.14. The molecule has 2 aromatic carbocycles. The Morgan fingerprint density at radius 3 is 2.82 bits per heavy atom. The highest BCUT2D eigenvalue weighted by molar-refractivity contribution is 7.98. The molecule has 1 aliphatic carbocycles. The molecule has 172 valence electrons. The van der Waals surface area contributed by atoms with Crippen LogP contribution in [0, 0.1) is 5.82 Å². The van der Waals surface area contributed by atoms with Crippen molar-refractivity contribution in [1.82, 2.24) is 9.97 Å². The summed E-state index contributed by atoms with van der Waals surface area (Å²) in [5, 5.41) is 3.64. The van der Waals surface area contributed by atoms with Crippen LogP contribution >= 0.6 is 11.8 Å². The summed E-state index contributed by atoms with van der Waals surface area (Å²) in [4.78, 5) is 33.8. The minimum absolute atomic E-state index is 0.0273. The lowest BCUT2D eigenvalue weighted by atomic mass is 9.76. The van der Waals surface area contributed by atoms with Crippen LogP contribution in [0.5, 0.6) is 11.5 Å². The van der Waals surface area contributed by atoms with Crippen LogP contribution in [-0.2, 0) is 10.5 Å². The molecular weight excluding hydrogens is 457 g/mol. The zero-order valence-corrected chi connectivity index (χ0v) is 18.8. The van der Waals surface area contributed by atoms with Gasteiger partial charge in [0.2, 0.25) is 6.79 Å². The zero-order chi connectivity index (χ0) is 23.2. The van der Waals surface area contributed by atoms with Crippen LogP contribution in [0.4, 0.5) is 10.2 Å². The Hall–Kier alpha value is -3.59. The van der Waals surface area contributed by atoms with Gasteiger partial charge in [0.05, 0.1) is 5.56 Å². The van der Waals surface area contributed by atoms with E-state index in [1.807, 2.05) is 12.1 Å². The van der Waals surface area contributed by atoms with Crippen LogP contribution in [-0.4, -0.2) is 22.5 Å². The quantitative estimate of drug-likeness (QED) is 0.422. The standard InChI is InChI=1S/C25H20FN3O4S/c26-15-5-2-1-4-14(15)11-34-25-28-23-22(24(31)29-25)20(21-16(27-23)6-3-7-17(21)30)13-8-9-18-19(10-13)33-12-32-18/h1-2,4-5,8-10,20H,3,6-7,11-12H2,(H2,27,28,29,31)/t20-/m0/s1. The molecule has 34 heavy (non-hydrogen) atoms. The van der Waals surface area contributed by atoms with Gasteiger partial charge in [-0.1, -0.05) is 36.0 Å². The number of allylic oxidation sites excluding steroid dienone is 2. The number of hydrogen-bond acceptors (Lipinski definition) is 7. The number of thioether (sulfide) groups is 1. The van der Waals surface area contributed by atoms with Crippen LogP contribution < -0.4 is 20.3 Å². The van der Waals surface area contributed by atoms with Gasteiger partial charge in [0.25, 0.3) is 5.56 Å². The monoisotopic (exact) mass is 477 g/mol. The number of fused-ring (bicyclic) bond motifs is 2. The van der Waals surface area contributed by atoms with Gasteiger partial charge in [-0.25, -0.2) is 9.37 Å². The molecule has 0 unspecified atom stereocenters. The maximum Gasteiger partial charge on any atom is 0.257 e. The largest absolute Gasteiger partial charge is 0.454 e. The van der Waals surface area contributed by atoms with E-state index in [2.05, 4.69) is 15.3 Å². The number of carbonyl (C=O) groups is 1. The highest BCUT2D eigenvalue weighted by atomic mass is 32.2. The number of anilines is 1. The van der Waals surface area contributed by atoms with Crippen LogP contribution in [0.3, 0.4) is 0 Å². The van der Waals surface area contributed by atoms with Gasteiger partial charge in [0, 0.05) is 29.4 Å². The molecule has 1 atom stereocenters. The first-order chi connectivity index (χ1) is 16.6. The number of nitrogens with zero attached hydrogens (tertiary/aromatic N) is 1. The third kappa shape index (κ3) is 3.56. The second-order valence-corrected chi connectivity index (χ2v) is 9.32. The van der Waals surface area contributed by atoms with Crippen LogP contribution in [0.2, 0.25) is 0 Å². The summed E-state index contributed by atoms with van der Waals surface area (Å²) in [6.07, 6.45) is 1.89. The average molecular weight is 478 g/mol. The number of benzene rings is 2. The Kier molecular flexibility index (Phi) is 5.13. The Morgan fingerprint density at radius 1 is 1.09 bits per heavy atom. The molecule has 7 nitrogen and oxygen atoms in total. The first-order valence-electron chi connectivity index (χ1n) is 11.0. The van der Waals surface area contributed by atoms with Gasteiger partial charge < -0.3 is 19.8 Å². The molecule has 1 aromatic heterocycles. The molecule has 3 heterocycles. The van der Waals surface area contributed by atoms with Gasteiger partial charge in [-0.05, 0) is 42.2 Å². The van der Waals surface area contributed by atoms with Crippen molar-refractivity contribution in [2.24, 2.45) is 0 Å². The molecule has 0 bridgehead atoms. The lowest BCUT2D eigenvalue weighted by Crippen LogP contribution is -2.32. The molecule has 0 amide bonds. The van der Waals surface area contributed by atoms with Gasteiger partial charge in [-0.3, -0.25) is 9.59 Å². The van der Waals surface area contributed by atoms with Crippen molar-refractivity contribution in [1.29, 1.82) is 0 Å². The third-order valence-corrected chi connectivity index (χ3v) is 7.21. The Bertz CT molecular complexity index is 1420. The van der Waals surface area contributed by atoms with E-state index in [0.717, 1.165) is 17.7 Å². The lowest BCUT2D eigenvalue weighted by Gasteiger charge is -2.32. The molecule has 2 aliphatic heterocycles. The molecule has 0 spiro atoms. The van der Waals surface area contributed by atoms with E-state index in [0.29, 0.717) is 57.8 Å². The highest BCUT2D eigenvalue weighted by Crippen LogP contribution is 2.45. The number of ketones is 1. The van der Waals surface area contributed by atoms with Crippen molar-refractivity contribution in [3.63, 3.8) is 0 Å². The van der Waals surface area contributed by atoms with E-state index in [1.165, 1.54) is 17.8 Å². The molecule has 6 rings (SSSR count). The summed E-state index contributed by atoms with van der Waals surface area (Å²) in [7, 11) is 0. The number of ether oxygens (including phenoxy) is 2. The number of aromatic nitrogens is 2. The Labute approximate surface area is 198 Å². The number of aromatic amines is 1. The fraction of sp³-hybridized carbons (Fsp3) is 0.240. The number of H-pyrrole nitrogens is 1. The summed E-state index contributed by atoms with van der Waals surface area (Å²) in [6.45, 7) is 0.138. The zero-order valence-electron chi connectivity index (χ0n) is 18.0. The summed E-state index contributed by atoms with van der Waals surface area (Å²) < 4.78 is 25.0. The van der Waals surface area contributed by atoms with Gasteiger partial charge >= 0.3 is 0 Å². The van der Waals surface area contributed by atoms with Crippen molar-refractivity contribution in [2.45, 2.75) is 36.1 Å². The summed E-state index contributed by atoms with van der Waals surface area (Å²) in [5.41, 5.74) is 2.77. The van der Waals surface area contributed by atoms with Crippen molar-refractivity contribution < 1.29 is 18.7 Å². The first-order valence-corrected chi connectivity index (χ1v) is 12.0. The molecule has 9 heteroatoms. The van der Waals surface area contributed by atoms with Crippen LogP contribution in [0.1, 0.15) is 41.9 Å². The van der Waals surface area contributed by atoms with E-state index in [4.69, 9.17) is 9.47 Å². The Morgan fingerprint density at radius 2 is 1.94 bits per heavy atom. The number of nitrogens with one attached hydrogen (secondary N) is 2. The smallest absolute Gasteiger partial charge is 0.257 e. The lowest BCUT2D eigenvalue weighted by molar-refractivity contribution is -0.116. The summed E-state index contributed by atoms with van der Waals surface area (Å²) in [6, 6.07) is 12.0. The van der Waals surface area contributed by atoms with E-state index in [-0.39, 0.29) is 24.0 Å². The van der Waals surface area contributed by atoms with Gasteiger partial charge in [-0.15, -0.1) is 0 Å². The van der Waals surface area contributed by atoms with Gasteiger partial charge in [-0.2, -0.15) is 0 Å². The molecule has 0 saturated heterocycles. The third-order valence-electron chi connectivity index (χ3n) is 6.29. The SMILES string of the molecule is O=C1CCCC2=C1[C@H](c1ccc3c(c1)OCO3)c1c(nc(SCc3ccccc3F)[nH]c1=O)N2. The Balaban J connectivity index is 1.42. The van der Waals surface area contributed by atoms with Gasteiger partial charge in [0.1, 0.15) is 11.6 Å². The fourth-order valence-electron chi connectivity index (χ4n) is 4.70. The van der Waals surface area contributed by atoms with Gasteiger partial charge in [0.15, 0.2) is 22.4 Å². The minimum Gasteiger partial charge on any atom is -0.454 e. The molecule has 3 aromatic rings.